The number of hydrogen-bond donors (Lipinski definition) is 2. The molecule has 0 fully saturated rings. The molecule has 0 saturated carbocycles. The van der Waals surface area contributed by atoms with Crippen LogP contribution in [0.15, 0.2) is 48.8 Å². The van der Waals surface area contributed by atoms with Crippen LogP contribution in [0.3, 0.4) is 0 Å². The van der Waals surface area contributed by atoms with Crippen LogP contribution in [0.2, 0.25) is 0 Å². The summed E-state index contributed by atoms with van der Waals surface area (Å²) < 4.78 is 0. The lowest BCUT2D eigenvalue weighted by Gasteiger charge is -1.97. The number of hydrogen-bond acceptors (Lipinski definition) is 0. The normalized spacial score (nSPS) is 11.8. The summed E-state index contributed by atoms with van der Waals surface area (Å²) in [5.74, 6) is 0. The average Bonchev–Trinajstić information content (AvgIpc) is 2.68. The maximum Gasteiger partial charge on any atom is 0.0561 e. The number of rotatable bonds is 0. The molecule has 0 atom stereocenters. The molecule has 4 rings (SSSR count). The highest BCUT2D eigenvalue weighted by atomic mass is 14.7. The van der Waals surface area contributed by atoms with E-state index in [0.717, 1.165) is 0 Å². The Labute approximate surface area is 91.9 Å². The van der Waals surface area contributed by atoms with E-state index < -0.39 is 0 Å². The van der Waals surface area contributed by atoms with Gasteiger partial charge in [0.25, 0.3) is 0 Å². The second-order valence-electron chi connectivity index (χ2n) is 4.08. The Morgan fingerprint density at radius 3 is 1.81 bits per heavy atom. The molecule has 2 aromatic carbocycles. The van der Waals surface area contributed by atoms with E-state index in [1.165, 1.54) is 32.6 Å². The molecule has 0 aliphatic heterocycles. The first-order valence-corrected chi connectivity index (χ1v) is 5.40. The van der Waals surface area contributed by atoms with Crippen molar-refractivity contribution in [1.29, 1.82) is 0 Å². The predicted molar refractivity (Wildman–Crippen MR) is 67.7 cm³/mol. The topological polar surface area (TPSA) is 31.6 Å². The van der Waals surface area contributed by atoms with E-state index in [4.69, 9.17) is 0 Å². The molecular weight excluding hydrogens is 196 g/mol. The second kappa shape index (κ2) is 2.67. The van der Waals surface area contributed by atoms with Crippen LogP contribution >= 0.6 is 0 Å². The minimum Gasteiger partial charge on any atom is -0.361 e. The summed E-state index contributed by atoms with van der Waals surface area (Å²) in [6.07, 6.45) is 4.01. The lowest BCUT2D eigenvalue weighted by atomic mass is 10.2. The zero-order chi connectivity index (χ0) is 10.5. The van der Waals surface area contributed by atoms with Crippen molar-refractivity contribution in [3.63, 3.8) is 0 Å². The summed E-state index contributed by atoms with van der Waals surface area (Å²) >= 11 is 0. The van der Waals surface area contributed by atoms with Gasteiger partial charge in [0.05, 0.1) is 11.0 Å². The van der Waals surface area contributed by atoms with Gasteiger partial charge in [-0.2, -0.15) is 0 Å². The highest BCUT2D eigenvalue weighted by Crippen LogP contribution is 2.34. The number of aromatic nitrogens is 2. The Kier molecular flexibility index (Phi) is 1.33. The van der Waals surface area contributed by atoms with E-state index in [1.807, 2.05) is 12.4 Å². The van der Waals surface area contributed by atoms with Crippen molar-refractivity contribution in [3.8, 4) is 0 Å². The summed E-state index contributed by atoms with van der Waals surface area (Å²) in [7, 11) is 0. The zero-order valence-electron chi connectivity index (χ0n) is 8.62. The minimum atomic E-state index is 1.22. The first-order chi connectivity index (χ1) is 7.95. The third-order valence-corrected chi connectivity index (χ3v) is 3.24. The highest BCUT2D eigenvalue weighted by Gasteiger charge is 2.10. The van der Waals surface area contributed by atoms with Gasteiger partial charge in [-0.3, -0.25) is 0 Å². The van der Waals surface area contributed by atoms with Gasteiger partial charge in [-0.25, -0.2) is 0 Å². The first-order valence-electron chi connectivity index (χ1n) is 5.40. The van der Waals surface area contributed by atoms with Gasteiger partial charge in [-0.05, 0) is 17.5 Å². The standard InChI is InChI=1S/C14H10N2/c1-2-4-11-10(3-1)13-12-9(5-7-15-13)6-8-16-14(11)12/h1-8,15-16H. The number of pyridine rings is 2. The van der Waals surface area contributed by atoms with Crippen LogP contribution in [0, 0.1) is 0 Å². The molecule has 2 heteroatoms. The molecule has 76 valence electrons. The van der Waals surface area contributed by atoms with Crippen molar-refractivity contribution >= 4 is 32.6 Å². The van der Waals surface area contributed by atoms with Crippen molar-refractivity contribution in [2.24, 2.45) is 0 Å². The molecule has 0 aliphatic carbocycles. The van der Waals surface area contributed by atoms with Gasteiger partial charge < -0.3 is 9.97 Å². The number of aromatic amines is 2. The molecule has 0 spiro atoms. The Balaban J connectivity index is 2.52. The number of benzene rings is 1. The molecule has 2 nitrogen and oxygen atoms in total. The number of nitrogens with one attached hydrogen (secondary N) is 2. The first kappa shape index (κ1) is 7.99. The monoisotopic (exact) mass is 206 g/mol. The Hall–Kier alpha value is -2.22. The van der Waals surface area contributed by atoms with Crippen LogP contribution in [0.1, 0.15) is 0 Å². The largest absolute Gasteiger partial charge is 0.361 e. The van der Waals surface area contributed by atoms with Gasteiger partial charge in [-0.1, -0.05) is 24.3 Å². The molecule has 0 bridgehead atoms. The Morgan fingerprint density at radius 1 is 0.688 bits per heavy atom. The average molecular weight is 206 g/mol. The number of fused-ring (bicyclic) bond motifs is 3. The van der Waals surface area contributed by atoms with Crippen LogP contribution in [0.5, 0.6) is 0 Å². The fraction of sp³-hybridized carbons (Fsp3) is 0. The maximum absolute atomic E-state index is 3.35. The van der Waals surface area contributed by atoms with E-state index in [9.17, 15) is 0 Å². The minimum absolute atomic E-state index is 1.22. The van der Waals surface area contributed by atoms with E-state index >= 15 is 0 Å². The fourth-order valence-electron chi connectivity index (χ4n) is 2.55. The Morgan fingerprint density at radius 2 is 1.25 bits per heavy atom. The van der Waals surface area contributed by atoms with Gasteiger partial charge in [-0.15, -0.1) is 0 Å². The van der Waals surface area contributed by atoms with E-state index in [2.05, 4.69) is 46.4 Å². The van der Waals surface area contributed by atoms with Crippen molar-refractivity contribution in [3.05, 3.63) is 48.8 Å². The molecule has 0 saturated heterocycles. The SMILES string of the molecule is c1ccc2c(c1)c1[nH]ccc3cc[nH]c2c31. The summed E-state index contributed by atoms with van der Waals surface area (Å²) in [5, 5.41) is 5.14. The molecule has 2 N–H and O–H groups in total. The van der Waals surface area contributed by atoms with Crippen LogP contribution in [0.4, 0.5) is 0 Å². The van der Waals surface area contributed by atoms with Crippen molar-refractivity contribution in [2.45, 2.75) is 0 Å². The van der Waals surface area contributed by atoms with Gasteiger partial charge in [0, 0.05) is 28.6 Å². The van der Waals surface area contributed by atoms with Crippen molar-refractivity contribution in [1.82, 2.24) is 9.97 Å². The summed E-state index contributed by atoms with van der Waals surface area (Å²) in [5.41, 5.74) is 2.44. The van der Waals surface area contributed by atoms with Crippen LogP contribution in [0.25, 0.3) is 32.6 Å². The lowest BCUT2D eigenvalue weighted by Crippen LogP contribution is -1.77. The smallest absolute Gasteiger partial charge is 0.0561 e. The van der Waals surface area contributed by atoms with Gasteiger partial charge >= 0.3 is 0 Å². The molecule has 2 heterocycles. The molecule has 0 unspecified atom stereocenters. The summed E-state index contributed by atoms with van der Waals surface area (Å²) in [4.78, 5) is 6.70. The lowest BCUT2D eigenvalue weighted by molar-refractivity contribution is 1.42. The summed E-state index contributed by atoms with van der Waals surface area (Å²) in [6, 6.07) is 12.7. The highest BCUT2D eigenvalue weighted by molar-refractivity contribution is 6.27. The molecule has 0 radical (unpaired) electrons. The van der Waals surface area contributed by atoms with Gasteiger partial charge in [0.15, 0.2) is 0 Å². The quantitative estimate of drug-likeness (QED) is 0.438. The maximum atomic E-state index is 3.35. The van der Waals surface area contributed by atoms with Crippen LogP contribution in [-0.2, 0) is 0 Å². The summed E-state index contributed by atoms with van der Waals surface area (Å²) in [6.45, 7) is 0. The molecule has 0 aliphatic rings. The third-order valence-electron chi connectivity index (χ3n) is 3.24. The van der Waals surface area contributed by atoms with Gasteiger partial charge in [0.1, 0.15) is 0 Å². The predicted octanol–water partition coefficient (Wildman–Crippen LogP) is 3.80. The van der Waals surface area contributed by atoms with E-state index in [-0.39, 0.29) is 0 Å². The molecule has 4 aromatic rings. The van der Waals surface area contributed by atoms with Gasteiger partial charge in [0.2, 0.25) is 0 Å². The molecule has 2 aromatic heterocycles. The van der Waals surface area contributed by atoms with Crippen LogP contribution < -0.4 is 0 Å². The van der Waals surface area contributed by atoms with Crippen LogP contribution in [-0.4, -0.2) is 9.97 Å². The Bertz CT molecular complexity index is 741. The number of H-pyrrole nitrogens is 2. The molecule has 16 heavy (non-hydrogen) atoms. The fourth-order valence-corrected chi connectivity index (χ4v) is 2.55. The van der Waals surface area contributed by atoms with E-state index in [1.54, 1.807) is 0 Å². The van der Waals surface area contributed by atoms with E-state index in [0.29, 0.717) is 0 Å². The third kappa shape index (κ3) is 0.823. The molecular formula is C14H10N2. The zero-order valence-corrected chi connectivity index (χ0v) is 8.62. The second-order valence-corrected chi connectivity index (χ2v) is 4.08. The van der Waals surface area contributed by atoms with Crippen molar-refractivity contribution in [2.75, 3.05) is 0 Å². The van der Waals surface area contributed by atoms with Crippen molar-refractivity contribution < 1.29 is 0 Å². The molecule has 0 amide bonds.